The highest BCUT2D eigenvalue weighted by Gasteiger charge is 2.12. The summed E-state index contributed by atoms with van der Waals surface area (Å²) in [6, 6.07) is 14.6. The lowest BCUT2D eigenvalue weighted by atomic mass is 10.1. The average Bonchev–Trinajstić information content (AvgIpc) is 2.63. The lowest BCUT2D eigenvalue weighted by Crippen LogP contribution is -2.10. The summed E-state index contributed by atoms with van der Waals surface area (Å²) in [6.07, 6.45) is 0. The van der Waals surface area contributed by atoms with Crippen molar-refractivity contribution in [1.29, 1.82) is 0 Å². The zero-order valence-electron chi connectivity index (χ0n) is 13.6. The monoisotopic (exact) mass is 355 g/mol. The number of halogens is 2. The first kappa shape index (κ1) is 17.3. The van der Waals surface area contributed by atoms with E-state index in [0.717, 1.165) is 17.7 Å². The van der Waals surface area contributed by atoms with Crippen LogP contribution in [-0.2, 0) is 6.54 Å². The summed E-state index contributed by atoms with van der Waals surface area (Å²) in [5, 5.41) is 3.11. The summed E-state index contributed by atoms with van der Waals surface area (Å²) in [6.45, 7) is 0.484. The van der Waals surface area contributed by atoms with Crippen LogP contribution in [0.25, 0.3) is 0 Å². The third kappa shape index (κ3) is 4.32. The molecule has 3 aromatic rings. The number of nitrogen functional groups attached to an aromatic ring is 1. The summed E-state index contributed by atoms with van der Waals surface area (Å²) >= 11 is 0. The van der Waals surface area contributed by atoms with Crippen LogP contribution < -0.4 is 15.8 Å². The van der Waals surface area contributed by atoms with Crippen molar-refractivity contribution in [1.82, 2.24) is 4.98 Å². The number of carbonyl (C=O) groups is 1. The van der Waals surface area contributed by atoms with E-state index in [1.807, 2.05) is 0 Å². The molecule has 0 radical (unpaired) electrons. The number of rotatable bonds is 5. The van der Waals surface area contributed by atoms with E-state index < -0.39 is 17.6 Å². The topological polar surface area (TPSA) is 77.2 Å². The number of ether oxygens (including phenoxy) is 1. The van der Waals surface area contributed by atoms with Crippen molar-refractivity contribution in [2.24, 2.45) is 0 Å². The average molecular weight is 355 g/mol. The summed E-state index contributed by atoms with van der Waals surface area (Å²) in [4.78, 5) is 16.2. The van der Waals surface area contributed by atoms with Gasteiger partial charge in [0, 0.05) is 12.6 Å². The molecule has 3 N–H and O–H groups in total. The molecule has 0 aliphatic carbocycles. The molecule has 0 amide bonds. The number of hydrogen-bond donors (Lipinski definition) is 2. The van der Waals surface area contributed by atoms with Gasteiger partial charge in [0.15, 0.2) is 11.6 Å². The van der Waals surface area contributed by atoms with Gasteiger partial charge >= 0.3 is 5.97 Å². The number of anilines is 2. The van der Waals surface area contributed by atoms with Crippen molar-refractivity contribution in [2.45, 2.75) is 6.54 Å². The number of nitrogens with zero attached hydrogens (tertiary/aromatic N) is 1. The van der Waals surface area contributed by atoms with Crippen LogP contribution in [0.15, 0.2) is 60.7 Å². The second kappa shape index (κ2) is 7.60. The SMILES string of the molecule is Nc1cccc(NCc2ccc(C(=O)Oc3ccc(F)cc3F)cc2)n1. The lowest BCUT2D eigenvalue weighted by molar-refractivity contribution is 0.0727. The highest BCUT2D eigenvalue weighted by Crippen LogP contribution is 2.19. The van der Waals surface area contributed by atoms with E-state index in [1.54, 1.807) is 42.5 Å². The predicted octanol–water partition coefficient (Wildman–Crippen LogP) is 3.77. The normalized spacial score (nSPS) is 10.4. The Morgan fingerprint density at radius 1 is 1.08 bits per heavy atom. The third-order valence-corrected chi connectivity index (χ3v) is 3.53. The Balaban J connectivity index is 1.62. The summed E-state index contributed by atoms with van der Waals surface area (Å²) in [7, 11) is 0. The lowest BCUT2D eigenvalue weighted by Gasteiger charge is -2.08. The number of esters is 1. The van der Waals surface area contributed by atoms with E-state index >= 15 is 0 Å². The molecule has 2 aromatic carbocycles. The molecule has 0 saturated heterocycles. The molecule has 3 rings (SSSR count). The van der Waals surface area contributed by atoms with Gasteiger partial charge in [0.2, 0.25) is 0 Å². The Labute approximate surface area is 148 Å². The molecule has 0 saturated carbocycles. The molecule has 0 aliphatic rings. The Bertz CT molecular complexity index is 930. The summed E-state index contributed by atoms with van der Waals surface area (Å²) < 4.78 is 31.4. The van der Waals surface area contributed by atoms with Crippen molar-refractivity contribution < 1.29 is 18.3 Å². The molecule has 0 aliphatic heterocycles. The highest BCUT2D eigenvalue weighted by molar-refractivity contribution is 5.91. The van der Waals surface area contributed by atoms with Gasteiger partial charge < -0.3 is 15.8 Å². The third-order valence-electron chi connectivity index (χ3n) is 3.53. The molecule has 0 bridgehead atoms. The molecule has 0 unspecified atom stereocenters. The molecule has 1 aromatic heterocycles. The molecular weight excluding hydrogens is 340 g/mol. The van der Waals surface area contributed by atoms with Crippen molar-refractivity contribution in [3.63, 3.8) is 0 Å². The highest BCUT2D eigenvalue weighted by atomic mass is 19.1. The Hall–Kier alpha value is -3.48. The smallest absolute Gasteiger partial charge is 0.343 e. The van der Waals surface area contributed by atoms with Crippen molar-refractivity contribution >= 4 is 17.6 Å². The minimum absolute atomic E-state index is 0.250. The van der Waals surface area contributed by atoms with Gasteiger partial charge in [0.25, 0.3) is 0 Å². The number of nitrogens with two attached hydrogens (primary N) is 1. The maximum absolute atomic E-state index is 13.5. The van der Waals surface area contributed by atoms with Gasteiger partial charge in [-0.1, -0.05) is 18.2 Å². The fourth-order valence-corrected chi connectivity index (χ4v) is 2.22. The second-order valence-electron chi connectivity index (χ2n) is 5.46. The zero-order chi connectivity index (χ0) is 18.5. The maximum Gasteiger partial charge on any atom is 0.343 e. The van der Waals surface area contributed by atoms with Crippen LogP contribution in [0.1, 0.15) is 15.9 Å². The van der Waals surface area contributed by atoms with E-state index in [-0.39, 0.29) is 11.3 Å². The second-order valence-corrected chi connectivity index (χ2v) is 5.46. The Kier molecular flexibility index (Phi) is 5.07. The van der Waals surface area contributed by atoms with E-state index in [9.17, 15) is 13.6 Å². The molecule has 7 heteroatoms. The minimum atomic E-state index is -0.936. The Morgan fingerprint density at radius 3 is 2.54 bits per heavy atom. The number of hydrogen-bond acceptors (Lipinski definition) is 5. The van der Waals surface area contributed by atoms with Crippen molar-refractivity contribution in [2.75, 3.05) is 11.1 Å². The van der Waals surface area contributed by atoms with Gasteiger partial charge in [-0.25, -0.2) is 18.6 Å². The molecule has 0 fully saturated rings. The molecule has 0 spiro atoms. The van der Waals surface area contributed by atoms with Crippen LogP contribution in [0.5, 0.6) is 5.75 Å². The van der Waals surface area contributed by atoms with Crippen LogP contribution in [-0.4, -0.2) is 11.0 Å². The number of benzene rings is 2. The first-order valence-corrected chi connectivity index (χ1v) is 7.74. The number of aromatic nitrogens is 1. The van der Waals surface area contributed by atoms with Crippen LogP contribution >= 0.6 is 0 Å². The van der Waals surface area contributed by atoms with E-state index in [2.05, 4.69) is 10.3 Å². The molecule has 132 valence electrons. The summed E-state index contributed by atoms with van der Waals surface area (Å²) in [5.41, 5.74) is 6.76. The van der Waals surface area contributed by atoms with E-state index in [1.165, 1.54) is 0 Å². The fourth-order valence-electron chi connectivity index (χ4n) is 2.22. The van der Waals surface area contributed by atoms with Gasteiger partial charge in [-0.3, -0.25) is 0 Å². The zero-order valence-corrected chi connectivity index (χ0v) is 13.6. The standard InChI is InChI=1S/C19H15F2N3O2/c20-14-8-9-16(15(21)10-14)26-19(25)13-6-4-12(5-7-13)11-23-18-3-1-2-17(22)24-18/h1-10H,11H2,(H3,22,23,24). The Morgan fingerprint density at radius 2 is 1.85 bits per heavy atom. The predicted molar refractivity (Wildman–Crippen MR) is 93.7 cm³/mol. The van der Waals surface area contributed by atoms with Crippen molar-refractivity contribution in [3.05, 3.63) is 83.4 Å². The summed E-state index contributed by atoms with van der Waals surface area (Å²) in [5.74, 6) is -1.67. The van der Waals surface area contributed by atoms with E-state index in [0.29, 0.717) is 24.2 Å². The van der Waals surface area contributed by atoms with Gasteiger partial charge in [-0.2, -0.15) is 0 Å². The molecular formula is C19H15F2N3O2. The van der Waals surface area contributed by atoms with Gasteiger partial charge in [-0.05, 0) is 42.0 Å². The van der Waals surface area contributed by atoms with Gasteiger partial charge in [0.05, 0.1) is 5.56 Å². The minimum Gasteiger partial charge on any atom is -0.420 e. The van der Waals surface area contributed by atoms with Gasteiger partial charge in [0.1, 0.15) is 17.5 Å². The van der Waals surface area contributed by atoms with E-state index in [4.69, 9.17) is 10.5 Å². The molecule has 5 nitrogen and oxygen atoms in total. The molecule has 1 heterocycles. The number of pyridine rings is 1. The first-order valence-electron chi connectivity index (χ1n) is 7.74. The molecule has 0 atom stereocenters. The molecule has 26 heavy (non-hydrogen) atoms. The fraction of sp³-hybridized carbons (Fsp3) is 0.0526. The first-order chi connectivity index (χ1) is 12.5. The number of carbonyl (C=O) groups excluding carboxylic acids is 1. The quantitative estimate of drug-likeness (QED) is 0.538. The van der Waals surface area contributed by atoms with Crippen LogP contribution in [0.2, 0.25) is 0 Å². The van der Waals surface area contributed by atoms with Crippen molar-refractivity contribution in [3.8, 4) is 5.75 Å². The largest absolute Gasteiger partial charge is 0.420 e. The maximum atomic E-state index is 13.5. The van der Waals surface area contributed by atoms with Crippen LogP contribution in [0.4, 0.5) is 20.4 Å². The van der Waals surface area contributed by atoms with Gasteiger partial charge in [-0.15, -0.1) is 0 Å². The number of nitrogens with one attached hydrogen (secondary N) is 1. The van der Waals surface area contributed by atoms with Crippen LogP contribution in [0, 0.1) is 11.6 Å². The van der Waals surface area contributed by atoms with Crippen LogP contribution in [0.3, 0.4) is 0 Å².